The Kier molecular flexibility index (Phi) is 6.00. The standard InChI is InChI=1S/C17H22N2O2/c1-2-3-13-16-18-19(17(20)21-16)14-9-5-8-12-15-10-6-4-7-11-15/h4,6-8,10-12H,2-3,5,9,13-14H2,1H3. The van der Waals surface area contributed by atoms with Gasteiger partial charge in [-0.1, -0.05) is 55.8 Å². The average molecular weight is 286 g/mol. The lowest BCUT2D eigenvalue weighted by Crippen LogP contribution is -2.15. The predicted octanol–water partition coefficient (Wildman–Crippen LogP) is 3.67. The number of aromatic nitrogens is 2. The van der Waals surface area contributed by atoms with Crippen LogP contribution in [-0.4, -0.2) is 9.78 Å². The van der Waals surface area contributed by atoms with Crippen molar-refractivity contribution in [1.29, 1.82) is 0 Å². The second-order valence-electron chi connectivity index (χ2n) is 5.04. The van der Waals surface area contributed by atoms with E-state index in [1.807, 2.05) is 18.2 Å². The van der Waals surface area contributed by atoms with Crippen LogP contribution in [0.3, 0.4) is 0 Å². The largest absolute Gasteiger partial charge is 0.437 e. The lowest BCUT2D eigenvalue weighted by atomic mass is 10.2. The Morgan fingerprint density at radius 3 is 2.81 bits per heavy atom. The van der Waals surface area contributed by atoms with E-state index in [1.54, 1.807) is 0 Å². The van der Waals surface area contributed by atoms with Crippen LogP contribution in [0.25, 0.3) is 6.08 Å². The Labute approximate surface area is 125 Å². The van der Waals surface area contributed by atoms with E-state index in [9.17, 15) is 4.79 Å². The van der Waals surface area contributed by atoms with Gasteiger partial charge in [-0.15, -0.1) is 5.10 Å². The smallest absolute Gasteiger partial charge is 0.392 e. The molecule has 0 atom stereocenters. The molecule has 1 heterocycles. The normalized spacial score (nSPS) is 11.3. The zero-order valence-corrected chi connectivity index (χ0v) is 12.5. The number of unbranched alkanes of at least 4 members (excludes halogenated alkanes) is 2. The van der Waals surface area contributed by atoms with Crippen molar-refractivity contribution in [3.05, 3.63) is 58.4 Å². The summed E-state index contributed by atoms with van der Waals surface area (Å²) < 4.78 is 6.55. The maximum absolute atomic E-state index is 11.6. The minimum atomic E-state index is -0.340. The van der Waals surface area contributed by atoms with Crippen molar-refractivity contribution in [2.24, 2.45) is 0 Å². The summed E-state index contributed by atoms with van der Waals surface area (Å²) in [5.41, 5.74) is 1.19. The molecule has 0 aliphatic rings. The molecule has 21 heavy (non-hydrogen) atoms. The molecule has 0 aliphatic heterocycles. The fourth-order valence-electron chi connectivity index (χ4n) is 2.06. The molecule has 1 aromatic heterocycles. The van der Waals surface area contributed by atoms with Gasteiger partial charge in [0.25, 0.3) is 0 Å². The number of rotatable bonds is 8. The molecular weight excluding hydrogens is 264 g/mol. The van der Waals surface area contributed by atoms with E-state index >= 15 is 0 Å². The highest BCUT2D eigenvalue weighted by atomic mass is 16.4. The van der Waals surface area contributed by atoms with Crippen molar-refractivity contribution in [1.82, 2.24) is 9.78 Å². The van der Waals surface area contributed by atoms with Crippen molar-refractivity contribution in [2.45, 2.75) is 45.6 Å². The zero-order chi connectivity index (χ0) is 14.9. The number of aryl methyl sites for hydroxylation is 2. The summed E-state index contributed by atoms with van der Waals surface area (Å²) in [6, 6.07) is 10.2. The number of allylic oxidation sites excluding steroid dienone is 1. The van der Waals surface area contributed by atoms with Gasteiger partial charge in [0.15, 0.2) is 0 Å². The fourth-order valence-corrected chi connectivity index (χ4v) is 2.06. The zero-order valence-electron chi connectivity index (χ0n) is 12.5. The first-order valence-electron chi connectivity index (χ1n) is 7.58. The average Bonchev–Trinajstić information content (AvgIpc) is 2.86. The van der Waals surface area contributed by atoms with Gasteiger partial charge in [-0.05, 0) is 24.8 Å². The highest BCUT2D eigenvalue weighted by Gasteiger charge is 2.06. The Hall–Kier alpha value is -2.10. The molecule has 4 heteroatoms. The van der Waals surface area contributed by atoms with Crippen LogP contribution in [0.2, 0.25) is 0 Å². The van der Waals surface area contributed by atoms with Crippen LogP contribution in [0.15, 0.2) is 45.6 Å². The van der Waals surface area contributed by atoms with Crippen molar-refractivity contribution in [3.63, 3.8) is 0 Å². The van der Waals surface area contributed by atoms with Crippen LogP contribution in [-0.2, 0) is 13.0 Å². The monoisotopic (exact) mass is 286 g/mol. The number of hydrogen-bond acceptors (Lipinski definition) is 3. The van der Waals surface area contributed by atoms with E-state index in [1.165, 1.54) is 10.2 Å². The van der Waals surface area contributed by atoms with Gasteiger partial charge in [-0.2, -0.15) is 4.68 Å². The summed E-state index contributed by atoms with van der Waals surface area (Å²) in [6.07, 6.45) is 8.82. The highest BCUT2D eigenvalue weighted by molar-refractivity contribution is 5.48. The summed E-state index contributed by atoms with van der Waals surface area (Å²) in [4.78, 5) is 11.6. The van der Waals surface area contributed by atoms with Crippen LogP contribution < -0.4 is 5.76 Å². The first-order chi connectivity index (χ1) is 10.3. The molecule has 0 spiro atoms. The molecule has 0 saturated heterocycles. The highest BCUT2D eigenvalue weighted by Crippen LogP contribution is 2.04. The Morgan fingerprint density at radius 2 is 2.05 bits per heavy atom. The van der Waals surface area contributed by atoms with Crippen LogP contribution in [0.5, 0.6) is 0 Å². The summed E-state index contributed by atoms with van der Waals surface area (Å²) >= 11 is 0. The number of hydrogen-bond donors (Lipinski definition) is 0. The van der Waals surface area contributed by atoms with Gasteiger partial charge in [0.2, 0.25) is 5.89 Å². The molecular formula is C17H22N2O2. The third-order valence-corrected chi connectivity index (χ3v) is 3.24. The lowest BCUT2D eigenvalue weighted by molar-refractivity contribution is 0.438. The fraction of sp³-hybridized carbons (Fsp3) is 0.412. The summed E-state index contributed by atoms with van der Waals surface area (Å²) in [5.74, 6) is 0.217. The minimum absolute atomic E-state index is 0.340. The van der Waals surface area contributed by atoms with Gasteiger partial charge in [-0.3, -0.25) is 0 Å². The topological polar surface area (TPSA) is 48.0 Å². The Morgan fingerprint density at radius 1 is 1.24 bits per heavy atom. The molecule has 4 nitrogen and oxygen atoms in total. The van der Waals surface area contributed by atoms with Crippen molar-refractivity contribution < 1.29 is 4.42 Å². The molecule has 2 rings (SSSR count). The molecule has 0 fully saturated rings. The SMILES string of the molecule is CCCCc1nn(CCCC=Cc2ccccc2)c(=O)o1. The third-order valence-electron chi connectivity index (χ3n) is 3.24. The van der Waals surface area contributed by atoms with E-state index in [-0.39, 0.29) is 5.76 Å². The van der Waals surface area contributed by atoms with Gasteiger partial charge in [0, 0.05) is 13.0 Å². The molecule has 0 aliphatic carbocycles. The Bertz CT molecular complexity index is 611. The van der Waals surface area contributed by atoms with Crippen molar-refractivity contribution in [2.75, 3.05) is 0 Å². The van der Waals surface area contributed by atoms with Crippen molar-refractivity contribution >= 4 is 6.08 Å². The quantitative estimate of drug-likeness (QED) is 0.696. The van der Waals surface area contributed by atoms with E-state index in [0.29, 0.717) is 12.4 Å². The van der Waals surface area contributed by atoms with E-state index < -0.39 is 0 Å². The molecule has 112 valence electrons. The second-order valence-corrected chi connectivity index (χ2v) is 5.04. The second kappa shape index (κ2) is 8.25. The van der Waals surface area contributed by atoms with Gasteiger partial charge in [0.1, 0.15) is 0 Å². The molecule has 2 aromatic rings. The molecule has 0 unspecified atom stereocenters. The molecule has 0 saturated carbocycles. The first kappa shape index (κ1) is 15.3. The lowest BCUT2D eigenvalue weighted by Gasteiger charge is -1.96. The molecule has 0 bridgehead atoms. The predicted molar refractivity (Wildman–Crippen MR) is 84.1 cm³/mol. The Balaban J connectivity index is 1.77. The first-order valence-corrected chi connectivity index (χ1v) is 7.58. The third kappa shape index (κ3) is 5.06. The molecule has 0 amide bonds. The number of benzene rings is 1. The van der Waals surface area contributed by atoms with Gasteiger partial charge in [0.05, 0.1) is 0 Å². The van der Waals surface area contributed by atoms with Crippen LogP contribution in [0, 0.1) is 0 Å². The van der Waals surface area contributed by atoms with Crippen molar-refractivity contribution in [3.8, 4) is 0 Å². The van der Waals surface area contributed by atoms with E-state index in [2.05, 4.69) is 36.3 Å². The maximum atomic E-state index is 11.6. The summed E-state index contributed by atoms with van der Waals surface area (Å²) in [6.45, 7) is 2.71. The molecule has 1 aromatic carbocycles. The molecule has 0 N–H and O–H groups in total. The van der Waals surface area contributed by atoms with Crippen LogP contribution >= 0.6 is 0 Å². The summed E-state index contributed by atoms with van der Waals surface area (Å²) in [7, 11) is 0. The van der Waals surface area contributed by atoms with E-state index in [0.717, 1.165) is 32.1 Å². The number of nitrogens with zero attached hydrogens (tertiary/aromatic N) is 2. The summed E-state index contributed by atoms with van der Waals surface area (Å²) in [5, 5.41) is 4.22. The maximum Gasteiger partial charge on any atom is 0.437 e. The molecule has 0 radical (unpaired) electrons. The van der Waals surface area contributed by atoms with Gasteiger partial charge < -0.3 is 4.42 Å². The minimum Gasteiger partial charge on any atom is -0.392 e. The van der Waals surface area contributed by atoms with Crippen LogP contribution in [0.1, 0.15) is 44.1 Å². The van der Waals surface area contributed by atoms with E-state index in [4.69, 9.17) is 4.42 Å². The van der Waals surface area contributed by atoms with Gasteiger partial charge >= 0.3 is 5.76 Å². The van der Waals surface area contributed by atoms with Gasteiger partial charge in [-0.25, -0.2) is 4.79 Å². The van der Waals surface area contributed by atoms with Crippen LogP contribution in [0.4, 0.5) is 0 Å².